The number of ketones is 3. The van der Waals surface area contributed by atoms with Crippen LogP contribution in [0.1, 0.15) is 78.6 Å². The van der Waals surface area contributed by atoms with Crippen LogP contribution in [0.15, 0.2) is 0 Å². The van der Waals surface area contributed by atoms with E-state index in [0.29, 0.717) is 12.8 Å². The highest BCUT2D eigenvalue weighted by Crippen LogP contribution is 2.23. The Hall–Kier alpha value is -1.56. The van der Waals surface area contributed by atoms with Crippen LogP contribution < -0.4 is 0 Å². The van der Waals surface area contributed by atoms with Crippen LogP contribution in [0.5, 0.6) is 0 Å². The van der Waals surface area contributed by atoms with Gasteiger partial charge in [-0.1, -0.05) is 33.1 Å². The maximum Gasteiger partial charge on any atom is 0.307 e. The number of carboxylic acids is 1. The first kappa shape index (κ1) is 24.4. The highest BCUT2D eigenvalue weighted by molar-refractivity contribution is 5.96. The number of Topliss-reactive ketones (excluding diaryl/α,β-unsaturated/α-hetero) is 3. The molecule has 0 bridgehead atoms. The van der Waals surface area contributed by atoms with Gasteiger partial charge in [0.2, 0.25) is 0 Å². The summed E-state index contributed by atoms with van der Waals surface area (Å²) in [5.74, 6) is -0.693. The number of hydrogen-bond donors (Lipinski definition) is 1. The van der Waals surface area contributed by atoms with Crippen molar-refractivity contribution in [3.8, 4) is 0 Å². The van der Waals surface area contributed by atoms with Gasteiger partial charge in [0.05, 0.1) is 5.92 Å². The Balaban J connectivity index is 0.000000363. The lowest BCUT2D eigenvalue weighted by atomic mass is 9.81. The van der Waals surface area contributed by atoms with Gasteiger partial charge in [-0.2, -0.15) is 0 Å². The summed E-state index contributed by atoms with van der Waals surface area (Å²) in [4.78, 5) is 40.8. The van der Waals surface area contributed by atoms with Gasteiger partial charge >= 0.3 is 5.97 Å². The van der Waals surface area contributed by atoms with Crippen molar-refractivity contribution >= 4 is 23.3 Å². The second kappa shape index (κ2) is 14.6. The predicted molar refractivity (Wildman–Crippen MR) is 99.0 cm³/mol. The molecule has 0 amide bonds. The third kappa shape index (κ3) is 11.9. The molecule has 0 aliphatic heterocycles. The molecule has 0 unspecified atom stereocenters. The zero-order valence-electron chi connectivity index (χ0n) is 16.4. The Bertz CT molecular complexity index is 399. The summed E-state index contributed by atoms with van der Waals surface area (Å²) in [6.45, 7) is 7.87. The molecule has 0 atom stereocenters. The Morgan fingerprint density at radius 1 is 0.885 bits per heavy atom. The molecule has 2 fully saturated rings. The molecular formula is C20H34O6. The summed E-state index contributed by atoms with van der Waals surface area (Å²) in [5.41, 5.74) is 0. The van der Waals surface area contributed by atoms with Gasteiger partial charge in [0.1, 0.15) is 17.3 Å². The molecule has 0 aromatic heterocycles. The number of unbranched alkanes of at least 4 members (excludes halogenated alkanes) is 3. The van der Waals surface area contributed by atoms with E-state index in [0.717, 1.165) is 13.2 Å². The van der Waals surface area contributed by atoms with E-state index < -0.39 is 5.97 Å². The summed E-state index contributed by atoms with van der Waals surface area (Å²) in [5, 5.41) is 8.20. The molecule has 2 aliphatic carbocycles. The molecule has 6 nitrogen and oxygen atoms in total. The Morgan fingerprint density at radius 2 is 1.35 bits per heavy atom. The third-order valence-corrected chi connectivity index (χ3v) is 4.35. The molecule has 0 heterocycles. The summed E-state index contributed by atoms with van der Waals surface area (Å²) < 4.78 is 5.38. The maximum absolute atomic E-state index is 10.4. The van der Waals surface area contributed by atoms with Crippen LogP contribution >= 0.6 is 0 Å². The van der Waals surface area contributed by atoms with Crippen LogP contribution in [0.3, 0.4) is 0 Å². The first-order valence-corrected chi connectivity index (χ1v) is 9.66. The van der Waals surface area contributed by atoms with Crippen LogP contribution in [-0.2, 0) is 23.9 Å². The molecule has 0 spiro atoms. The van der Waals surface area contributed by atoms with Crippen molar-refractivity contribution in [1.29, 1.82) is 0 Å². The van der Waals surface area contributed by atoms with Crippen molar-refractivity contribution in [1.82, 2.24) is 0 Å². The van der Waals surface area contributed by atoms with Crippen molar-refractivity contribution < 1.29 is 29.0 Å². The quantitative estimate of drug-likeness (QED) is 0.623. The molecule has 26 heavy (non-hydrogen) atoms. The Morgan fingerprint density at radius 3 is 1.65 bits per heavy atom. The van der Waals surface area contributed by atoms with Crippen molar-refractivity contribution in [2.75, 3.05) is 13.2 Å². The molecule has 0 radical (unpaired) electrons. The van der Waals surface area contributed by atoms with E-state index in [2.05, 4.69) is 13.8 Å². The first-order chi connectivity index (χ1) is 12.3. The van der Waals surface area contributed by atoms with Crippen molar-refractivity contribution in [3.05, 3.63) is 0 Å². The Kier molecular flexibility index (Phi) is 13.7. The van der Waals surface area contributed by atoms with Crippen LogP contribution in [0.25, 0.3) is 0 Å². The number of aliphatic carboxylic acids is 1. The second-order valence-electron chi connectivity index (χ2n) is 6.91. The lowest BCUT2D eigenvalue weighted by Gasteiger charge is -2.20. The molecule has 0 aromatic carbocycles. The minimum atomic E-state index is -0.843. The number of ether oxygens (including phenoxy) is 1. The largest absolute Gasteiger partial charge is 0.481 e. The third-order valence-electron chi connectivity index (χ3n) is 4.35. The predicted octanol–water partition coefficient (Wildman–Crippen LogP) is 3.60. The zero-order valence-corrected chi connectivity index (χ0v) is 16.4. The number of carbonyl (C=O) groups excluding carboxylic acids is 3. The van der Waals surface area contributed by atoms with E-state index in [4.69, 9.17) is 9.84 Å². The second-order valence-corrected chi connectivity index (χ2v) is 6.91. The summed E-state index contributed by atoms with van der Waals surface area (Å²) in [6, 6.07) is 0. The van der Waals surface area contributed by atoms with Crippen molar-refractivity contribution in [2.45, 2.75) is 78.6 Å². The minimum absolute atomic E-state index is 0.0670. The Labute approximate surface area is 156 Å². The average Bonchev–Trinajstić information content (AvgIpc) is 2.53. The number of hydrogen-bond acceptors (Lipinski definition) is 5. The van der Waals surface area contributed by atoms with Crippen molar-refractivity contribution in [2.24, 2.45) is 11.8 Å². The topological polar surface area (TPSA) is 97.7 Å². The molecule has 2 aliphatic rings. The van der Waals surface area contributed by atoms with Crippen LogP contribution in [0.4, 0.5) is 0 Å². The highest BCUT2D eigenvalue weighted by atomic mass is 16.5. The van der Waals surface area contributed by atoms with E-state index in [1.165, 1.54) is 39.0 Å². The maximum atomic E-state index is 10.4. The van der Waals surface area contributed by atoms with E-state index in [1.54, 1.807) is 0 Å². The SMILES string of the molecule is CC(=O)C1CC(=O)C1.CCCCCOCCCC.O=C1CC(C(=O)O)C1. The van der Waals surface area contributed by atoms with Gasteiger partial charge in [-0.3, -0.25) is 19.2 Å². The normalized spacial score (nSPS) is 16.4. The van der Waals surface area contributed by atoms with Gasteiger partial charge in [-0.15, -0.1) is 0 Å². The van der Waals surface area contributed by atoms with Gasteiger partial charge < -0.3 is 9.84 Å². The van der Waals surface area contributed by atoms with E-state index in [1.807, 2.05) is 0 Å². The molecule has 6 heteroatoms. The summed E-state index contributed by atoms with van der Waals surface area (Å²) in [7, 11) is 0. The lowest BCUT2D eigenvalue weighted by Crippen LogP contribution is -2.29. The van der Waals surface area contributed by atoms with Gasteiger partial charge in [0, 0.05) is 44.8 Å². The molecule has 0 aromatic rings. The van der Waals surface area contributed by atoms with Crippen molar-refractivity contribution in [3.63, 3.8) is 0 Å². The smallest absolute Gasteiger partial charge is 0.307 e. The van der Waals surface area contributed by atoms with E-state index >= 15 is 0 Å². The van der Waals surface area contributed by atoms with Crippen LogP contribution in [-0.4, -0.2) is 41.6 Å². The fourth-order valence-electron chi connectivity index (χ4n) is 2.24. The van der Waals surface area contributed by atoms with Crippen LogP contribution in [0, 0.1) is 11.8 Å². The monoisotopic (exact) mass is 370 g/mol. The molecule has 2 rings (SSSR count). The van der Waals surface area contributed by atoms with E-state index in [9.17, 15) is 19.2 Å². The molecular weight excluding hydrogens is 336 g/mol. The van der Waals surface area contributed by atoms with Gasteiger partial charge in [0.25, 0.3) is 0 Å². The standard InChI is InChI=1S/C9H20O.C6H8O2.C5H6O3/c1-3-5-7-9-10-8-6-4-2;1-4(7)5-2-6(8)3-5;6-4-1-3(2-4)5(7)8/h3-9H2,1-2H3;5H,2-3H2,1H3;3H,1-2H2,(H,7,8). The molecule has 150 valence electrons. The number of rotatable bonds is 9. The number of carboxylic acid groups (broad SMARTS) is 1. The first-order valence-electron chi connectivity index (χ1n) is 9.66. The van der Waals surface area contributed by atoms with E-state index in [-0.39, 0.29) is 42.0 Å². The summed E-state index contributed by atoms with van der Waals surface area (Å²) in [6.07, 6.45) is 7.78. The fourth-order valence-corrected chi connectivity index (χ4v) is 2.24. The molecule has 1 N–H and O–H groups in total. The van der Waals surface area contributed by atoms with Gasteiger partial charge in [-0.05, 0) is 19.8 Å². The molecule has 0 saturated heterocycles. The van der Waals surface area contributed by atoms with Gasteiger partial charge in [0.15, 0.2) is 0 Å². The summed E-state index contributed by atoms with van der Waals surface area (Å²) >= 11 is 0. The number of carbonyl (C=O) groups is 4. The minimum Gasteiger partial charge on any atom is -0.481 e. The zero-order chi connectivity index (χ0) is 19.9. The van der Waals surface area contributed by atoms with Crippen LogP contribution in [0.2, 0.25) is 0 Å². The fraction of sp³-hybridized carbons (Fsp3) is 0.800. The lowest BCUT2D eigenvalue weighted by molar-refractivity contribution is -0.149. The highest BCUT2D eigenvalue weighted by Gasteiger charge is 2.32. The van der Waals surface area contributed by atoms with Gasteiger partial charge in [-0.25, -0.2) is 0 Å². The molecule has 2 saturated carbocycles. The average molecular weight is 370 g/mol.